The number of hydrogen-bond acceptors (Lipinski definition) is 5. The number of primary amides is 1. The molecular formula is C20H25N5O2. The second-order valence-corrected chi connectivity index (χ2v) is 7.10. The highest BCUT2D eigenvalue weighted by Crippen LogP contribution is 2.32. The van der Waals surface area contributed by atoms with Gasteiger partial charge in [-0.1, -0.05) is 12.1 Å². The molecule has 1 fully saturated rings. The fourth-order valence-corrected chi connectivity index (χ4v) is 3.44. The summed E-state index contributed by atoms with van der Waals surface area (Å²) in [5.74, 6) is -0.174. The molecule has 142 valence electrons. The molecule has 1 aromatic carbocycles. The minimum Gasteiger partial charge on any atom is -0.366 e. The highest BCUT2D eigenvalue weighted by atomic mass is 16.2. The lowest BCUT2D eigenvalue weighted by molar-refractivity contribution is -0.130. The van der Waals surface area contributed by atoms with Crippen molar-refractivity contribution in [2.75, 3.05) is 33.7 Å². The average Bonchev–Trinajstić information content (AvgIpc) is 2.68. The number of rotatable bonds is 5. The number of nitrogens with zero attached hydrogens (tertiary/aromatic N) is 4. The number of benzene rings is 1. The van der Waals surface area contributed by atoms with Gasteiger partial charge in [-0.25, -0.2) is 0 Å². The highest BCUT2D eigenvalue weighted by Gasteiger charge is 2.26. The van der Waals surface area contributed by atoms with E-state index in [-0.39, 0.29) is 11.8 Å². The van der Waals surface area contributed by atoms with E-state index >= 15 is 0 Å². The van der Waals surface area contributed by atoms with Crippen LogP contribution in [-0.2, 0) is 4.79 Å². The van der Waals surface area contributed by atoms with E-state index < -0.39 is 5.91 Å². The molecule has 2 amide bonds. The monoisotopic (exact) mass is 367 g/mol. The largest absolute Gasteiger partial charge is 0.366 e. The van der Waals surface area contributed by atoms with Crippen molar-refractivity contribution < 1.29 is 9.59 Å². The lowest BCUT2D eigenvalue weighted by Gasteiger charge is -2.33. The fourth-order valence-electron chi connectivity index (χ4n) is 3.44. The lowest BCUT2D eigenvalue weighted by Crippen LogP contribution is -2.41. The number of piperidine rings is 1. The average molecular weight is 367 g/mol. The van der Waals surface area contributed by atoms with Gasteiger partial charge in [0.2, 0.25) is 11.8 Å². The molecule has 2 aromatic rings. The van der Waals surface area contributed by atoms with E-state index in [1.165, 1.54) is 0 Å². The van der Waals surface area contributed by atoms with E-state index in [0.717, 1.165) is 42.9 Å². The molecule has 7 heteroatoms. The summed E-state index contributed by atoms with van der Waals surface area (Å²) < 4.78 is 0. The minimum absolute atomic E-state index is 0.101. The minimum atomic E-state index is -0.465. The van der Waals surface area contributed by atoms with E-state index in [9.17, 15) is 9.59 Å². The molecule has 0 radical (unpaired) electrons. The van der Waals surface area contributed by atoms with Crippen molar-refractivity contribution >= 4 is 11.8 Å². The molecule has 3 rings (SSSR count). The number of aromatic nitrogens is 2. The van der Waals surface area contributed by atoms with Crippen LogP contribution in [0.3, 0.4) is 0 Å². The van der Waals surface area contributed by atoms with Crippen LogP contribution in [-0.4, -0.2) is 65.3 Å². The van der Waals surface area contributed by atoms with Crippen molar-refractivity contribution in [3.63, 3.8) is 0 Å². The van der Waals surface area contributed by atoms with Crippen LogP contribution < -0.4 is 5.73 Å². The highest BCUT2D eigenvalue weighted by molar-refractivity contribution is 5.94. The first-order valence-corrected chi connectivity index (χ1v) is 9.09. The van der Waals surface area contributed by atoms with Crippen LogP contribution in [0.15, 0.2) is 36.7 Å². The Balaban J connectivity index is 1.86. The van der Waals surface area contributed by atoms with Gasteiger partial charge in [-0.05, 0) is 31.5 Å². The number of hydrogen-bond donors (Lipinski definition) is 1. The second-order valence-electron chi connectivity index (χ2n) is 7.10. The van der Waals surface area contributed by atoms with Crippen molar-refractivity contribution in [2.45, 2.75) is 18.8 Å². The van der Waals surface area contributed by atoms with Crippen LogP contribution in [0.2, 0.25) is 0 Å². The Bertz CT molecular complexity index is 837. The summed E-state index contributed by atoms with van der Waals surface area (Å²) >= 11 is 0. The first-order valence-electron chi connectivity index (χ1n) is 9.09. The quantitative estimate of drug-likeness (QED) is 0.865. The summed E-state index contributed by atoms with van der Waals surface area (Å²) in [6, 6.07) is 7.16. The number of amides is 2. The number of carbonyl (C=O) groups excluding carboxylic acids is 2. The second kappa shape index (κ2) is 8.26. The van der Waals surface area contributed by atoms with E-state index in [1.54, 1.807) is 49.6 Å². The molecule has 2 heterocycles. The third-order valence-electron chi connectivity index (χ3n) is 4.90. The Hall–Kier alpha value is -2.80. The van der Waals surface area contributed by atoms with Gasteiger partial charge in [-0.2, -0.15) is 0 Å². The van der Waals surface area contributed by atoms with Gasteiger partial charge in [-0.3, -0.25) is 24.5 Å². The maximum absolute atomic E-state index is 12.1. The first kappa shape index (κ1) is 19.0. The van der Waals surface area contributed by atoms with Gasteiger partial charge in [0.25, 0.3) is 0 Å². The van der Waals surface area contributed by atoms with Gasteiger partial charge in [0.15, 0.2) is 0 Å². The molecule has 0 aliphatic carbocycles. The van der Waals surface area contributed by atoms with Crippen LogP contribution >= 0.6 is 0 Å². The summed E-state index contributed by atoms with van der Waals surface area (Å²) in [5.41, 5.74) is 8.37. The molecule has 0 spiro atoms. The zero-order valence-corrected chi connectivity index (χ0v) is 15.8. The first-order chi connectivity index (χ1) is 13.0. The number of nitrogens with two attached hydrogens (primary N) is 1. The SMILES string of the molecule is CN(C)C(=O)CN1CCC[C@H](c2nccnc2-c2cccc(C(N)=O)c2)C1. The predicted molar refractivity (Wildman–Crippen MR) is 103 cm³/mol. The molecule has 7 nitrogen and oxygen atoms in total. The summed E-state index contributed by atoms with van der Waals surface area (Å²) in [5, 5.41) is 0. The zero-order chi connectivity index (χ0) is 19.4. The Morgan fingerprint density at radius 2 is 2.04 bits per heavy atom. The number of carbonyl (C=O) groups is 2. The zero-order valence-electron chi connectivity index (χ0n) is 15.8. The van der Waals surface area contributed by atoms with E-state index in [1.807, 2.05) is 6.07 Å². The number of likely N-dealkylation sites (N-methyl/N-ethyl adjacent to an activating group) is 1. The summed E-state index contributed by atoms with van der Waals surface area (Å²) in [4.78, 5) is 36.5. The predicted octanol–water partition coefficient (Wildman–Crippen LogP) is 1.51. The van der Waals surface area contributed by atoms with E-state index in [2.05, 4.69) is 14.9 Å². The van der Waals surface area contributed by atoms with Crippen LogP contribution in [0, 0.1) is 0 Å². The topological polar surface area (TPSA) is 92.4 Å². The molecule has 0 unspecified atom stereocenters. The van der Waals surface area contributed by atoms with Crippen molar-refractivity contribution in [3.05, 3.63) is 47.9 Å². The van der Waals surface area contributed by atoms with E-state index in [4.69, 9.17) is 5.73 Å². The molecule has 1 aliphatic heterocycles. The normalized spacial score (nSPS) is 17.5. The smallest absolute Gasteiger partial charge is 0.248 e. The van der Waals surface area contributed by atoms with Crippen LogP contribution in [0.4, 0.5) is 0 Å². The molecule has 2 N–H and O–H groups in total. The van der Waals surface area contributed by atoms with Gasteiger partial charge >= 0.3 is 0 Å². The third-order valence-corrected chi connectivity index (χ3v) is 4.90. The molecule has 27 heavy (non-hydrogen) atoms. The van der Waals surface area contributed by atoms with E-state index in [0.29, 0.717) is 12.1 Å². The van der Waals surface area contributed by atoms with Gasteiger partial charge in [0.1, 0.15) is 0 Å². The van der Waals surface area contributed by atoms with Crippen LogP contribution in [0.25, 0.3) is 11.3 Å². The van der Waals surface area contributed by atoms with Gasteiger partial charge < -0.3 is 10.6 Å². The van der Waals surface area contributed by atoms with Gasteiger partial charge in [0.05, 0.1) is 17.9 Å². The van der Waals surface area contributed by atoms with Crippen molar-refractivity contribution in [1.82, 2.24) is 19.8 Å². The summed E-state index contributed by atoms with van der Waals surface area (Å²) in [6.07, 6.45) is 5.35. The standard InChI is InChI=1S/C20H25N5O2/c1-24(2)17(26)13-25-10-4-7-16(12-25)19-18(22-8-9-23-19)14-5-3-6-15(11-14)20(21)27/h3,5-6,8-9,11,16H,4,7,10,12-13H2,1-2H3,(H2,21,27)/t16-/m0/s1. The number of likely N-dealkylation sites (tertiary alicyclic amines) is 1. The van der Waals surface area contributed by atoms with Crippen molar-refractivity contribution in [3.8, 4) is 11.3 Å². The summed E-state index contributed by atoms with van der Waals surface area (Å²) in [7, 11) is 3.55. The van der Waals surface area contributed by atoms with Crippen LogP contribution in [0.1, 0.15) is 34.8 Å². The molecule has 1 aromatic heterocycles. The fraction of sp³-hybridized carbons (Fsp3) is 0.400. The molecule has 1 aliphatic rings. The molecule has 0 bridgehead atoms. The molecule has 1 saturated heterocycles. The van der Waals surface area contributed by atoms with Crippen LogP contribution in [0.5, 0.6) is 0 Å². The molecule has 0 saturated carbocycles. The van der Waals surface area contributed by atoms with Gasteiger partial charge in [0, 0.05) is 50.1 Å². The maximum atomic E-state index is 12.1. The summed E-state index contributed by atoms with van der Waals surface area (Å²) in [6.45, 7) is 2.08. The van der Waals surface area contributed by atoms with Crippen molar-refractivity contribution in [2.24, 2.45) is 5.73 Å². The Labute approximate surface area is 159 Å². The Morgan fingerprint density at radius 3 is 2.78 bits per heavy atom. The Kier molecular flexibility index (Phi) is 5.81. The molecular weight excluding hydrogens is 342 g/mol. The molecule has 1 atom stereocenters. The maximum Gasteiger partial charge on any atom is 0.248 e. The Morgan fingerprint density at radius 1 is 1.26 bits per heavy atom. The van der Waals surface area contributed by atoms with Crippen molar-refractivity contribution in [1.29, 1.82) is 0 Å². The lowest BCUT2D eigenvalue weighted by atomic mass is 9.91. The third kappa shape index (κ3) is 4.49. The van der Waals surface area contributed by atoms with Gasteiger partial charge in [-0.15, -0.1) is 0 Å².